The highest BCUT2D eigenvalue weighted by atomic mass is 16.6. The highest BCUT2D eigenvalue weighted by molar-refractivity contribution is 6.32. The molecule has 0 fully saturated rings. The van der Waals surface area contributed by atoms with Gasteiger partial charge < -0.3 is 14.7 Å². The highest BCUT2D eigenvalue weighted by Gasteiger charge is 1.84. The van der Waals surface area contributed by atoms with Gasteiger partial charge in [0.25, 0.3) is 0 Å². The maximum absolute atomic E-state index is 9.92. The van der Waals surface area contributed by atoms with Crippen LogP contribution < -0.4 is 37.9 Å². The molecule has 0 aliphatic carbocycles. The molecular formula is C18H19B3N2O3. The van der Waals surface area contributed by atoms with E-state index in [-0.39, 0.29) is 12.3 Å². The molecule has 0 saturated carbocycles. The zero-order valence-electron chi connectivity index (χ0n) is 14.9. The Hall–Kier alpha value is -2.51. The zero-order chi connectivity index (χ0) is 17.6. The first-order valence-corrected chi connectivity index (χ1v) is 7.64. The van der Waals surface area contributed by atoms with Crippen molar-refractivity contribution in [1.29, 1.82) is 0 Å². The number of para-hydroxylation sites is 1. The van der Waals surface area contributed by atoms with Gasteiger partial charge in [-0.3, -0.25) is 0 Å². The lowest BCUT2D eigenvalue weighted by atomic mass is 9.97. The molecule has 0 amide bonds. The average Bonchev–Trinajstić information content (AvgIpc) is 2.58. The summed E-state index contributed by atoms with van der Waals surface area (Å²) in [6, 6.07) is 28.8. The van der Waals surface area contributed by atoms with Crippen LogP contribution in [0.25, 0.3) is 0 Å². The molecule has 0 bridgehead atoms. The van der Waals surface area contributed by atoms with E-state index in [1.807, 2.05) is 36.4 Å². The number of benzene rings is 3. The topological polar surface area (TPSA) is 116 Å². The van der Waals surface area contributed by atoms with Crippen LogP contribution in [0.4, 0.5) is 0 Å². The summed E-state index contributed by atoms with van der Waals surface area (Å²) in [5.74, 6) is 0.317. The van der Waals surface area contributed by atoms with Crippen LogP contribution >= 0.6 is 0 Å². The van der Waals surface area contributed by atoms with Crippen molar-refractivity contribution in [2.75, 3.05) is 0 Å². The van der Waals surface area contributed by atoms with E-state index in [0.29, 0.717) is 5.75 Å². The molecule has 3 rings (SSSR count). The van der Waals surface area contributed by atoms with Gasteiger partial charge in [0.2, 0.25) is 0 Å². The standard InChI is InChI=1S/C6H5BO3.2C6H7B.2N/c8-7(9)10-6-4-2-1-3-5-6;2*7-6-4-2-1-3-5-6;;/h1-5H;2*1-5H,7H2;;/q-2;;;2*+1. The first-order valence-electron chi connectivity index (χ1n) is 7.64. The van der Waals surface area contributed by atoms with Crippen LogP contribution in [0.1, 0.15) is 0 Å². The van der Waals surface area contributed by atoms with E-state index in [1.54, 1.807) is 30.3 Å². The molecule has 8 heteroatoms. The summed E-state index contributed by atoms with van der Waals surface area (Å²) < 4.78 is 4.30. The minimum absolute atomic E-state index is 0. The van der Waals surface area contributed by atoms with Crippen molar-refractivity contribution in [2.24, 2.45) is 0 Å². The van der Waals surface area contributed by atoms with Gasteiger partial charge in [0.05, 0.1) is 5.75 Å². The second-order valence-electron chi connectivity index (χ2n) is 5.03. The average molecular weight is 344 g/mol. The fraction of sp³-hybridized carbons (Fsp3) is 0. The first kappa shape index (κ1) is 25.7. The minimum Gasteiger partial charge on any atom is -0.860 e. The lowest BCUT2D eigenvalue weighted by Crippen LogP contribution is -2.50. The Morgan fingerprint density at radius 3 is 1.12 bits per heavy atom. The lowest BCUT2D eigenvalue weighted by molar-refractivity contribution is -0.372. The van der Waals surface area contributed by atoms with E-state index in [0.717, 1.165) is 0 Å². The van der Waals surface area contributed by atoms with E-state index < -0.39 is 7.32 Å². The van der Waals surface area contributed by atoms with Crippen LogP contribution in [0, 0.1) is 0 Å². The highest BCUT2D eigenvalue weighted by Crippen LogP contribution is 2.06. The van der Waals surface area contributed by atoms with Crippen LogP contribution in [-0.2, 0) is 0 Å². The van der Waals surface area contributed by atoms with E-state index in [9.17, 15) is 10.0 Å². The Morgan fingerprint density at radius 2 is 0.885 bits per heavy atom. The van der Waals surface area contributed by atoms with E-state index in [1.165, 1.54) is 10.9 Å². The van der Waals surface area contributed by atoms with Crippen molar-refractivity contribution in [1.82, 2.24) is 12.3 Å². The molecule has 0 aliphatic heterocycles. The Labute approximate surface area is 158 Å². The molecule has 0 heterocycles. The quantitative estimate of drug-likeness (QED) is 0.487. The predicted molar refractivity (Wildman–Crippen MR) is 106 cm³/mol. The third-order valence-electron chi connectivity index (χ3n) is 2.86. The third-order valence-corrected chi connectivity index (χ3v) is 2.86. The molecule has 128 valence electrons. The molecule has 0 aliphatic rings. The van der Waals surface area contributed by atoms with Crippen molar-refractivity contribution in [3.8, 4) is 5.75 Å². The van der Waals surface area contributed by atoms with Gasteiger partial charge in [-0.2, -0.15) is 0 Å². The van der Waals surface area contributed by atoms with Gasteiger partial charge in [-0.05, 0) is 12.1 Å². The first-order chi connectivity index (χ1) is 11.6. The number of rotatable bonds is 2. The summed E-state index contributed by atoms with van der Waals surface area (Å²) >= 11 is 0. The van der Waals surface area contributed by atoms with Crippen LogP contribution in [0.3, 0.4) is 0 Å². The summed E-state index contributed by atoms with van der Waals surface area (Å²) in [7, 11) is 1.93. The minimum atomic E-state index is -2.23. The van der Waals surface area contributed by atoms with Gasteiger partial charge in [0.15, 0.2) is 0 Å². The van der Waals surface area contributed by atoms with Gasteiger partial charge in [-0.1, -0.05) is 89.8 Å². The SMILES string of the molecule is Bc1ccccc1.Bc1ccccc1.[N+].[N+].[O-]B([O-])Oc1ccccc1. The summed E-state index contributed by atoms with van der Waals surface area (Å²) in [5, 5.41) is 19.8. The fourth-order valence-electron chi connectivity index (χ4n) is 1.68. The van der Waals surface area contributed by atoms with Crippen LogP contribution in [-0.4, -0.2) is 23.0 Å². The molecule has 3 aromatic rings. The Balaban J connectivity index is 0. The molecule has 0 N–H and O–H groups in total. The fourth-order valence-corrected chi connectivity index (χ4v) is 1.68. The van der Waals surface area contributed by atoms with Crippen molar-refractivity contribution in [2.45, 2.75) is 0 Å². The molecule has 0 atom stereocenters. The van der Waals surface area contributed by atoms with Crippen LogP contribution in [0.5, 0.6) is 5.75 Å². The van der Waals surface area contributed by atoms with E-state index in [4.69, 9.17) is 0 Å². The van der Waals surface area contributed by atoms with E-state index in [2.05, 4.69) is 44.6 Å². The van der Waals surface area contributed by atoms with Gasteiger partial charge in [-0.15, -0.1) is 0 Å². The van der Waals surface area contributed by atoms with Gasteiger partial charge in [0, 0.05) is 0 Å². The van der Waals surface area contributed by atoms with Gasteiger partial charge >= 0.3 is 12.3 Å². The maximum Gasteiger partial charge on any atom is 1.00 e. The molecule has 8 radical (unpaired) electrons. The third kappa shape index (κ3) is 13.9. The van der Waals surface area contributed by atoms with Gasteiger partial charge in [0.1, 0.15) is 23.0 Å². The number of hydrogen-bond donors (Lipinski definition) is 0. The number of nitrogens with zero attached hydrogens (tertiary/aromatic N) is 2. The van der Waals surface area contributed by atoms with Crippen LogP contribution in [0.2, 0.25) is 0 Å². The molecule has 5 nitrogen and oxygen atoms in total. The van der Waals surface area contributed by atoms with Crippen molar-refractivity contribution >= 4 is 33.9 Å². The zero-order valence-corrected chi connectivity index (χ0v) is 14.9. The molecular weight excluding hydrogens is 325 g/mol. The number of hydrogen-bond acceptors (Lipinski definition) is 3. The normalized spacial score (nSPS) is 8.08. The summed E-state index contributed by atoms with van der Waals surface area (Å²) in [6.07, 6.45) is 0. The monoisotopic (exact) mass is 344 g/mol. The lowest BCUT2D eigenvalue weighted by Gasteiger charge is -2.26. The van der Waals surface area contributed by atoms with Crippen LogP contribution in [0.15, 0.2) is 91.0 Å². The maximum atomic E-state index is 9.92. The van der Waals surface area contributed by atoms with Crippen molar-refractivity contribution in [3.05, 3.63) is 91.0 Å². The molecule has 3 aromatic carbocycles. The smallest absolute Gasteiger partial charge is 0.860 e. The molecule has 0 unspecified atom stereocenters. The Bertz CT molecular complexity index is 623. The Kier molecular flexibility index (Phi) is 15.8. The summed E-state index contributed by atoms with van der Waals surface area (Å²) in [6.45, 7) is 0. The predicted octanol–water partition coefficient (Wildman–Crippen LogP) is -2.30. The molecule has 0 aromatic heterocycles. The largest absolute Gasteiger partial charge is 1.00 e. The second-order valence-corrected chi connectivity index (χ2v) is 5.03. The second kappa shape index (κ2) is 16.0. The summed E-state index contributed by atoms with van der Waals surface area (Å²) in [5.41, 5.74) is 2.64. The molecule has 0 saturated heterocycles. The molecule has 26 heavy (non-hydrogen) atoms. The van der Waals surface area contributed by atoms with Gasteiger partial charge in [-0.25, -0.2) is 0 Å². The van der Waals surface area contributed by atoms with Crippen molar-refractivity contribution < 1.29 is 14.7 Å². The van der Waals surface area contributed by atoms with E-state index >= 15 is 0 Å². The molecule has 0 spiro atoms. The Morgan fingerprint density at radius 1 is 0.577 bits per heavy atom. The summed E-state index contributed by atoms with van der Waals surface area (Å²) in [4.78, 5) is 0. The van der Waals surface area contributed by atoms with Crippen molar-refractivity contribution in [3.63, 3.8) is 0 Å².